The minimum absolute atomic E-state index is 0.101. The summed E-state index contributed by atoms with van der Waals surface area (Å²) in [5.41, 5.74) is 0.101. The van der Waals surface area contributed by atoms with Crippen molar-refractivity contribution in [3.63, 3.8) is 0 Å². The van der Waals surface area contributed by atoms with E-state index in [1.807, 2.05) is 7.11 Å². The molecule has 2 nitrogen and oxygen atoms in total. The molecule has 1 rings (SSSR count). The molecule has 0 aliphatic heterocycles. The third kappa shape index (κ3) is 5.43. The van der Waals surface area contributed by atoms with Crippen molar-refractivity contribution in [2.45, 2.75) is 90.2 Å². The maximum atomic E-state index is 6.07. The molecule has 19 heavy (non-hydrogen) atoms. The molecule has 1 atom stereocenters. The molecule has 0 aromatic heterocycles. The molecular weight excluding hydrogens is 234 g/mol. The SMILES string of the molecule is CCNC(CCCC(C)C)C1(OC)CCCCCC1. The van der Waals surface area contributed by atoms with Gasteiger partial charge in [-0.05, 0) is 31.7 Å². The van der Waals surface area contributed by atoms with Gasteiger partial charge in [0, 0.05) is 13.2 Å². The molecule has 0 heterocycles. The van der Waals surface area contributed by atoms with Gasteiger partial charge in [-0.15, -0.1) is 0 Å². The van der Waals surface area contributed by atoms with Crippen LogP contribution in [0.15, 0.2) is 0 Å². The maximum Gasteiger partial charge on any atom is 0.0830 e. The highest BCUT2D eigenvalue weighted by atomic mass is 16.5. The molecule has 0 radical (unpaired) electrons. The molecule has 1 saturated carbocycles. The van der Waals surface area contributed by atoms with E-state index >= 15 is 0 Å². The molecule has 1 fully saturated rings. The van der Waals surface area contributed by atoms with Crippen LogP contribution in [0.2, 0.25) is 0 Å². The van der Waals surface area contributed by atoms with Crippen LogP contribution >= 0.6 is 0 Å². The van der Waals surface area contributed by atoms with Crippen molar-refractivity contribution >= 4 is 0 Å². The summed E-state index contributed by atoms with van der Waals surface area (Å²) in [7, 11) is 1.93. The molecule has 1 N–H and O–H groups in total. The van der Waals surface area contributed by atoms with Crippen LogP contribution in [0, 0.1) is 5.92 Å². The average Bonchev–Trinajstić information content (AvgIpc) is 2.63. The number of hydrogen-bond acceptors (Lipinski definition) is 2. The zero-order valence-electron chi connectivity index (χ0n) is 13.6. The number of hydrogen-bond donors (Lipinski definition) is 1. The van der Waals surface area contributed by atoms with Crippen molar-refractivity contribution in [3.8, 4) is 0 Å². The summed E-state index contributed by atoms with van der Waals surface area (Å²) in [6.07, 6.45) is 11.8. The van der Waals surface area contributed by atoms with Crippen LogP contribution in [-0.2, 0) is 4.74 Å². The minimum atomic E-state index is 0.101. The Balaban J connectivity index is 2.63. The third-order valence-electron chi connectivity index (χ3n) is 4.72. The van der Waals surface area contributed by atoms with Crippen LogP contribution in [0.25, 0.3) is 0 Å². The predicted octanol–water partition coefficient (Wildman–Crippen LogP) is 4.53. The number of methoxy groups -OCH3 is 1. The van der Waals surface area contributed by atoms with Gasteiger partial charge < -0.3 is 10.1 Å². The standard InChI is InChI=1S/C17H35NO/c1-5-18-16(12-10-11-15(2)3)17(19-4)13-8-6-7-9-14-17/h15-16,18H,5-14H2,1-4H3. The van der Waals surface area contributed by atoms with Crippen LogP contribution in [0.5, 0.6) is 0 Å². The van der Waals surface area contributed by atoms with Gasteiger partial charge in [0.1, 0.15) is 0 Å². The van der Waals surface area contributed by atoms with Gasteiger partial charge in [-0.3, -0.25) is 0 Å². The Morgan fingerprint density at radius 2 is 1.68 bits per heavy atom. The monoisotopic (exact) mass is 269 g/mol. The van der Waals surface area contributed by atoms with E-state index in [9.17, 15) is 0 Å². The zero-order valence-corrected chi connectivity index (χ0v) is 13.6. The largest absolute Gasteiger partial charge is 0.377 e. The molecule has 0 bridgehead atoms. The molecular formula is C17H35NO. The van der Waals surface area contributed by atoms with E-state index < -0.39 is 0 Å². The van der Waals surface area contributed by atoms with E-state index in [4.69, 9.17) is 4.74 Å². The summed E-state index contributed by atoms with van der Waals surface area (Å²) in [6.45, 7) is 7.91. The lowest BCUT2D eigenvalue weighted by Crippen LogP contribution is -2.52. The van der Waals surface area contributed by atoms with Crippen molar-refractivity contribution in [1.29, 1.82) is 0 Å². The van der Waals surface area contributed by atoms with Crippen molar-refractivity contribution in [2.24, 2.45) is 5.92 Å². The molecule has 0 aromatic carbocycles. The van der Waals surface area contributed by atoms with Crippen LogP contribution in [0.1, 0.15) is 78.6 Å². The summed E-state index contributed by atoms with van der Waals surface area (Å²) >= 11 is 0. The number of ether oxygens (including phenoxy) is 1. The fraction of sp³-hybridized carbons (Fsp3) is 1.00. The fourth-order valence-corrected chi connectivity index (χ4v) is 3.55. The molecule has 114 valence electrons. The maximum absolute atomic E-state index is 6.07. The van der Waals surface area contributed by atoms with Gasteiger partial charge in [0.15, 0.2) is 0 Å². The second-order valence-corrected chi connectivity index (χ2v) is 6.62. The van der Waals surface area contributed by atoms with E-state index in [0.717, 1.165) is 12.5 Å². The third-order valence-corrected chi connectivity index (χ3v) is 4.72. The summed E-state index contributed by atoms with van der Waals surface area (Å²) in [6, 6.07) is 0.541. The van der Waals surface area contributed by atoms with Crippen LogP contribution in [0.4, 0.5) is 0 Å². The van der Waals surface area contributed by atoms with Crippen LogP contribution in [0.3, 0.4) is 0 Å². The van der Waals surface area contributed by atoms with Gasteiger partial charge in [-0.1, -0.05) is 59.3 Å². The van der Waals surface area contributed by atoms with Gasteiger partial charge in [0.2, 0.25) is 0 Å². The van der Waals surface area contributed by atoms with Gasteiger partial charge in [0.05, 0.1) is 5.60 Å². The first-order valence-electron chi connectivity index (χ1n) is 8.43. The second-order valence-electron chi connectivity index (χ2n) is 6.62. The molecule has 0 spiro atoms. The fourth-order valence-electron chi connectivity index (χ4n) is 3.55. The summed E-state index contributed by atoms with van der Waals surface area (Å²) < 4.78 is 6.07. The van der Waals surface area contributed by atoms with E-state index in [2.05, 4.69) is 26.1 Å². The lowest BCUT2D eigenvalue weighted by Gasteiger charge is -2.40. The lowest BCUT2D eigenvalue weighted by molar-refractivity contribution is -0.0550. The minimum Gasteiger partial charge on any atom is -0.377 e. The quantitative estimate of drug-likeness (QED) is 0.654. The van der Waals surface area contributed by atoms with Crippen molar-refractivity contribution in [3.05, 3.63) is 0 Å². The van der Waals surface area contributed by atoms with Gasteiger partial charge in [-0.2, -0.15) is 0 Å². The average molecular weight is 269 g/mol. The summed E-state index contributed by atoms with van der Waals surface area (Å²) in [5, 5.41) is 3.72. The summed E-state index contributed by atoms with van der Waals surface area (Å²) in [4.78, 5) is 0. The Bertz CT molecular complexity index is 219. The van der Waals surface area contributed by atoms with Crippen LogP contribution < -0.4 is 5.32 Å². The highest BCUT2D eigenvalue weighted by Crippen LogP contribution is 2.35. The van der Waals surface area contributed by atoms with E-state index in [0.29, 0.717) is 6.04 Å². The molecule has 1 aliphatic carbocycles. The molecule has 0 amide bonds. The Kier molecular flexibility index (Phi) is 8.01. The lowest BCUT2D eigenvalue weighted by atomic mass is 9.83. The highest BCUT2D eigenvalue weighted by molar-refractivity contribution is 4.94. The van der Waals surface area contributed by atoms with Crippen molar-refractivity contribution in [1.82, 2.24) is 5.32 Å². The Labute approximate surface area is 120 Å². The second kappa shape index (κ2) is 8.97. The molecule has 1 aliphatic rings. The van der Waals surface area contributed by atoms with E-state index in [1.165, 1.54) is 57.8 Å². The smallest absolute Gasteiger partial charge is 0.0830 e. The number of nitrogens with one attached hydrogen (secondary N) is 1. The van der Waals surface area contributed by atoms with Crippen molar-refractivity contribution < 1.29 is 4.74 Å². The predicted molar refractivity (Wildman–Crippen MR) is 83.6 cm³/mol. The topological polar surface area (TPSA) is 21.3 Å². The zero-order chi connectivity index (χ0) is 14.1. The van der Waals surface area contributed by atoms with Gasteiger partial charge >= 0.3 is 0 Å². The molecule has 0 aromatic rings. The van der Waals surface area contributed by atoms with Gasteiger partial charge in [-0.25, -0.2) is 0 Å². The van der Waals surface area contributed by atoms with E-state index in [1.54, 1.807) is 0 Å². The Morgan fingerprint density at radius 3 is 2.16 bits per heavy atom. The van der Waals surface area contributed by atoms with E-state index in [-0.39, 0.29) is 5.60 Å². The van der Waals surface area contributed by atoms with Crippen LogP contribution in [-0.4, -0.2) is 25.3 Å². The molecule has 1 unspecified atom stereocenters. The number of likely N-dealkylation sites (N-methyl/N-ethyl adjacent to an activating group) is 1. The molecule has 2 heteroatoms. The first-order valence-corrected chi connectivity index (χ1v) is 8.43. The van der Waals surface area contributed by atoms with Crippen molar-refractivity contribution in [2.75, 3.05) is 13.7 Å². The first-order chi connectivity index (χ1) is 9.14. The Morgan fingerprint density at radius 1 is 1.05 bits per heavy atom. The first kappa shape index (κ1) is 17.0. The normalized spacial score (nSPS) is 21.3. The summed E-state index contributed by atoms with van der Waals surface area (Å²) in [5.74, 6) is 0.815. The highest BCUT2D eigenvalue weighted by Gasteiger charge is 2.38. The molecule has 0 saturated heterocycles. The number of rotatable bonds is 8. The van der Waals surface area contributed by atoms with Gasteiger partial charge in [0.25, 0.3) is 0 Å². The Hall–Kier alpha value is -0.0800.